The van der Waals surface area contributed by atoms with E-state index in [1.807, 2.05) is 19.0 Å². The van der Waals surface area contributed by atoms with Crippen LogP contribution >= 0.6 is 0 Å². The quantitative estimate of drug-likeness (QED) is 0.656. The van der Waals surface area contributed by atoms with Gasteiger partial charge in [0.05, 0.1) is 28.8 Å². The molecule has 0 unspecified atom stereocenters. The van der Waals surface area contributed by atoms with E-state index in [1.165, 1.54) is 10.4 Å². The van der Waals surface area contributed by atoms with E-state index in [0.717, 1.165) is 16.1 Å². The van der Waals surface area contributed by atoms with Gasteiger partial charge in [-0.2, -0.15) is 4.31 Å². The van der Waals surface area contributed by atoms with Crippen LogP contribution in [0.3, 0.4) is 0 Å². The molecule has 1 fully saturated rings. The first-order chi connectivity index (χ1) is 13.4. The van der Waals surface area contributed by atoms with Crippen LogP contribution in [0.1, 0.15) is 19.4 Å². The van der Waals surface area contributed by atoms with Gasteiger partial charge in [0.15, 0.2) is 0 Å². The fourth-order valence-electron chi connectivity index (χ4n) is 4.05. The number of fused-ring (bicyclic) bond motifs is 1. The first-order valence-corrected chi connectivity index (χ1v) is 12.6. The fourth-order valence-corrected chi connectivity index (χ4v) is 6.62. The molecule has 29 heavy (non-hydrogen) atoms. The first-order valence-electron chi connectivity index (χ1n) is 9.35. The zero-order valence-electron chi connectivity index (χ0n) is 17.2. The summed E-state index contributed by atoms with van der Waals surface area (Å²) in [4.78, 5) is 15.0. The topological polar surface area (TPSA) is 95.1 Å². The molecule has 0 radical (unpaired) electrons. The minimum absolute atomic E-state index is 0.0320. The Morgan fingerprint density at radius 2 is 1.69 bits per heavy atom. The summed E-state index contributed by atoms with van der Waals surface area (Å²) >= 11 is 0. The molecule has 1 amide bonds. The summed E-state index contributed by atoms with van der Waals surface area (Å²) < 4.78 is 53.1. The van der Waals surface area contributed by atoms with E-state index in [2.05, 4.69) is 0 Å². The van der Waals surface area contributed by atoms with Crippen LogP contribution in [0.25, 0.3) is 0 Å². The van der Waals surface area contributed by atoms with Crippen LogP contribution in [0.4, 0.5) is 0 Å². The molecule has 2 atom stereocenters. The van der Waals surface area contributed by atoms with Crippen molar-refractivity contribution in [1.29, 1.82) is 0 Å². The molecule has 0 bridgehead atoms. The van der Waals surface area contributed by atoms with Gasteiger partial charge in [-0.15, -0.1) is 0 Å². The van der Waals surface area contributed by atoms with Gasteiger partial charge in [-0.25, -0.2) is 21.1 Å². The van der Waals surface area contributed by atoms with Gasteiger partial charge in [-0.1, -0.05) is 26.0 Å². The van der Waals surface area contributed by atoms with Crippen molar-refractivity contribution < 1.29 is 21.6 Å². The molecule has 2 heterocycles. The van der Waals surface area contributed by atoms with E-state index in [-0.39, 0.29) is 23.1 Å². The number of sulfonamides is 2. The molecule has 160 valence electrons. The average molecular weight is 442 g/mol. The molecule has 2 aliphatic heterocycles. The summed E-state index contributed by atoms with van der Waals surface area (Å²) in [5.74, 6) is -1.54. The van der Waals surface area contributed by atoms with Crippen molar-refractivity contribution in [2.75, 3.05) is 26.9 Å². The van der Waals surface area contributed by atoms with E-state index in [4.69, 9.17) is 0 Å². The van der Waals surface area contributed by atoms with E-state index in [9.17, 15) is 21.6 Å². The standard InChI is InChI=1S/C19H27N3O5S2/c1-13(2)17-18-16(22(19(17)23)28(5,24)25)10-11-21(18)29(26,27)15-8-6-14(7-9-15)12-20(3)4/h6-10,13,17-18H,11-12H2,1-5H3/t17-,18+/m1/s1. The third-order valence-corrected chi connectivity index (χ3v) is 8.15. The van der Waals surface area contributed by atoms with Crippen LogP contribution in [-0.2, 0) is 31.4 Å². The molecular weight excluding hydrogens is 414 g/mol. The number of carbonyl (C=O) groups excluding carboxylic acids is 1. The Morgan fingerprint density at radius 1 is 1.10 bits per heavy atom. The normalized spacial score (nSPS) is 23.2. The van der Waals surface area contributed by atoms with Crippen LogP contribution < -0.4 is 0 Å². The summed E-state index contributed by atoms with van der Waals surface area (Å²) in [5.41, 5.74) is 1.22. The molecule has 1 aromatic carbocycles. The molecule has 0 N–H and O–H groups in total. The van der Waals surface area contributed by atoms with Gasteiger partial charge < -0.3 is 4.90 Å². The van der Waals surface area contributed by atoms with Gasteiger partial charge in [0.1, 0.15) is 0 Å². The Morgan fingerprint density at radius 3 is 2.17 bits per heavy atom. The molecule has 0 aromatic heterocycles. The minimum atomic E-state index is -3.90. The minimum Gasteiger partial charge on any atom is -0.305 e. The highest BCUT2D eigenvalue weighted by Crippen LogP contribution is 2.43. The number of carbonyl (C=O) groups is 1. The largest absolute Gasteiger partial charge is 0.305 e. The summed E-state index contributed by atoms with van der Waals surface area (Å²) in [7, 11) is -3.88. The lowest BCUT2D eigenvalue weighted by Gasteiger charge is -2.28. The van der Waals surface area contributed by atoms with Gasteiger partial charge in [-0.05, 0) is 43.8 Å². The molecule has 1 aromatic rings. The second-order valence-electron chi connectivity index (χ2n) is 8.17. The lowest BCUT2D eigenvalue weighted by molar-refractivity contribution is -0.128. The summed E-state index contributed by atoms with van der Waals surface area (Å²) in [6.07, 6.45) is 2.50. The third kappa shape index (κ3) is 3.86. The maximum Gasteiger partial charge on any atom is 0.245 e. The van der Waals surface area contributed by atoms with Gasteiger partial charge in [0, 0.05) is 13.1 Å². The molecule has 0 aliphatic carbocycles. The monoisotopic (exact) mass is 441 g/mol. The molecular formula is C19H27N3O5S2. The van der Waals surface area contributed by atoms with E-state index in [1.54, 1.807) is 38.1 Å². The maximum atomic E-state index is 13.3. The Hall–Kier alpha value is -1.75. The number of benzene rings is 1. The van der Waals surface area contributed by atoms with Crippen LogP contribution in [0.15, 0.2) is 40.9 Å². The molecule has 3 rings (SSSR count). The van der Waals surface area contributed by atoms with E-state index < -0.39 is 37.9 Å². The van der Waals surface area contributed by atoms with Crippen molar-refractivity contribution in [2.24, 2.45) is 11.8 Å². The predicted octanol–water partition coefficient (Wildman–Crippen LogP) is 1.08. The number of amides is 1. The van der Waals surface area contributed by atoms with Crippen molar-refractivity contribution in [2.45, 2.75) is 31.3 Å². The van der Waals surface area contributed by atoms with Gasteiger partial charge in [0.25, 0.3) is 0 Å². The van der Waals surface area contributed by atoms with Gasteiger partial charge in [-0.3, -0.25) is 4.79 Å². The van der Waals surface area contributed by atoms with Crippen LogP contribution in [0, 0.1) is 11.8 Å². The fraction of sp³-hybridized carbons (Fsp3) is 0.526. The maximum absolute atomic E-state index is 13.3. The van der Waals surface area contributed by atoms with Crippen LogP contribution in [0.5, 0.6) is 0 Å². The number of hydrogen-bond donors (Lipinski definition) is 0. The SMILES string of the molecule is CC(C)[C@H]1C(=O)N(S(C)(=O)=O)C2=CCN(S(=O)(=O)c3ccc(CN(C)C)cc3)[C@@H]21. The van der Waals surface area contributed by atoms with Crippen molar-refractivity contribution >= 4 is 26.0 Å². The number of hydrogen-bond acceptors (Lipinski definition) is 6. The molecule has 1 saturated heterocycles. The number of nitrogens with zero attached hydrogens (tertiary/aromatic N) is 3. The second-order valence-corrected chi connectivity index (χ2v) is 11.9. The van der Waals surface area contributed by atoms with Crippen molar-refractivity contribution in [3.05, 3.63) is 41.6 Å². The van der Waals surface area contributed by atoms with E-state index in [0.29, 0.717) is 6.54 Å². The summed E-state index contributed by atoms with van der Waals surface area (Å²) in [6, 6.07) is 5.83. The molecule has 0 saturated carbocycles. The van der Waals surface area contributed by atoms with Crippen molar-refractivity contribution in [3.63, 3.8) is 0 Å². The first kappa shape index (κ1) is 21.9. The van der Waals surface area contributed by atoms with Gasteiger partial charge in [0.2, 0.25) is 26.0 Å². The second kappa shape index (κ2) is 7.50. The highest BCUT2D eigenvalue weighted by molar-refractivity contribution is 7.89. The third-order valence-electron chi connectivity index (χ3n) is 5.23. The van der Waals surface area contributed by atoms with Gasteiger partial charge >= 0.3 is 0 Å². The van der Waals surface area contributed by atoms with Crippen LogP contribution in [-0.4, -0.2) is 69.2 Å². The Balaban J connectivity index is 1.99. The van der Waals surface area contributed by atoms with Crippen molar-refractivity contribution in [1.82, 2.24) is 13.5 Å². The average Bonchev–Trinajstić information content (AvgIpc) is 3.10. The van der Waals surface area contributed by atoms with E-state index >= 15 is 0 Å². The Labute approximate surface area is 172 Å². The lowest BCUT2D eigenvalue weighted by Crippen LogP contribution is -2.42. The Kier molecular flexibility index (Phi) is 5.67. The lowest BCUT2D eigenvalue weighted by atomic mass is 9.90. The highest BCUT2D eigenvalue weighted by atomic mass is 32.2. The Bertz CT molecular complexity index is 1040. The highest BCUT2D eigenvalue weighted by Gasteiger charge is 2.56. The zero-order chi connectivity index (χ0) is 21.7. The zero-order valence-corrected chi connectivity index (χ0v) is 18.9. The molecule has 8 nitrogen and oxygen atoms in total. The number of rotatable bonds is 6. The van der Waals surface area contributed by atoms with Crippen molar-refractivity contribution in [3.8, 4) is 0 Å². The smallest absolute Gasteiger partial charge is 0.245 e. The van der Waals surface area contributed by atoms with Crippen LogP contribution in [0.2, 0.25) is 0 Å². The predicted molar refractivity (Wildman–Crippen MR) is 110 cm³/mol. The molecule has 0 spiro atoms. The molecule has 10 heteroatoms. The summed E-state index contributed by atoms with van der Waals surface area (Å²) in [6.45, 7) is 4.31. The molecule has 2 aliphatic rings. The summed E-state index contributed by atoms with van der Waals surface area (Å²) in [5, 5.41) is 0.